The van der Waals surface area contributed by atoms with E-state index in [1.165, 1.54) is 12.1 Å². The summed E-state index contributed by atoms with van der Waals surface area (Å²) in [4.78, 5) is 14.8. The first-order valence-corrected chi connectivity index (χ1v) is 11.2. The predicted octanol–water partition coefficient (Wildman–Crippen LogP) is 5.52. The average molecular weight is 459 g/mol. The molecule has 174 valence electrons. The quantitative estimate of drug-likeness (QED) is 0.447. The Morgan fingerprint density at radius 1 is 0.909 bits per heavy atom. The normalized spacial score (nSPS) is 18.3. The number of carbonyl (C=O) groups excluding carboxylic acids is 1. The fourth-order valence-electron chi connectivity index (χ4n) is 4.88. The molecule has 2 aromatic carbocycles. The number of nitriles is 1. The molecule has 2 aliphatic heterocycles. The van der Waals surface area contributed by atoms with Crippen LogP contribution in [0.15, 0.2) is 36.4 Å². The standard InChI is InChI=1S/C25H25F4N3O/c26-24-22(6-3-20(15-30)23(24)25(27,28)29)32-13-9-19(10-14-32)18-1-4-21(5-2-18)31-11-7-17(16-33)8-12-31/h1-6,16-17,19H,7-14H2. The Balaban J connectivity index is 1.41. The lowest BCUT2D eigenvalue weighted by Gasteiger charge is -2.35. The van der Waals surface area contributed by atoms with Gasteiger partial charge < -0.3 is 14.6 Å². The van der Waals surface area contributed by atoms with Gasteiger partial charge in [0.15, 0.2) is 5.82 Å². The second-order valence-corrected chi connectivity index (χ2v) is 8.74. The zero-order valence-corrected chi connectivity index (χ0v) is 18.1. The molecule has 0 unspecified atom stereocenters. The largest absolute Gasteiger partial charge is 0.420 e. The van der Waals surface area contributed by atoms with E-state index in [9.17, 15) is 22.4 Å². The lowest BCUT2D eigenvalue weighted by Crippen LogP contribution is -2.34. The number of hydrogen-bond donors (Lipinski definition) is 0. The minimum absolute atomic E-state index is 0.103. The molecule has 4 rings (SSSR count). The van der Waals surface area contributed by atoms with Crippen molar-refractivity contribution in [3.8, 4) is 6.07 Å². The van der Waals surface area contributed by atoms with E-state index < -0.39 is 23.1 Å². The van der Waals surface area contributed by atoms with Crippen molar-refractivity contribution in [3.05, 3.63) is 58.9 Å². The summed E-state index contributed by atoms with van der Waals surface area (Å²) < 4.78 is 54.7. The van der Waals surface area contributed by atoms with Crippen LogP contribution in [-0.4, -0.2) is 32.5 Å². The van der Waals surface area contributed by atoms with Gasteiger partial charge in [0.1, 0.15) is 11.8 Å². The maximum absolute atomic E-state index is 14.8. The Labute approximate surface area is 190 Å². The van der Waals surface area contributed by atoms with Crippen LogP contribution < -0.4 is 9.80 Å². The molecule has 4 nitrogen and oxygen atoms in total. The third-order valence-corrected chi connectivity index (χ3v) is 6.82. The lowest BCUT2D eigenvalue weighted by atomic mass is 9.88. The molecule has 2 aromatic rings. The van der Waals surface area contributed by atoms with Crippen LogP contribution in [0.4, 0.5) is 28.9 Å². The van der Waals surface area contributed by atoms with Gasteiger partial charge in [-0.1, -0.05) is 12.1 Å². The Bertz CT molecular complexity index is 1030. The van der Waals surface area contributed by atoms with Gasteiger partial charge in [-0.25, -0.2) is 4.39 Å². The van der Waals surface area contributed by atoms with E-state index in [0.717, 1.165) is 49.5 Å². The topological polar surface area (TPSA) is 47.3 Å². The zero-order chi connectivity index (χ0) is 23.6. The van der Waals surface area contributed by atoms with Crippen LogP contribution in [0.25, 0.3) is 0 Å². The summed E-state index contributed by atoms with van der Waals surface area (Å²) in [6.07, 6.45) is -0.749. The number of alkyl halides is 3. The number of hydrogen-bond acceptors (Lipinski definition) is 4. The van der Waals surface area contributed by atoms with Crippen LogP contribution in [0.5, 0.6) is 0 Å². The SMILES string of the molecule is N#Cc1ccc(N2CCC(c3ccc(N4CCC(C=O)CC4)cc3)CC2)c(F)c1C(F)(F)F. The molecule has 0 aliphatic carbocycles. The zero-order valence-electron chi connectivity index (χ0n) is 18.1. The van der Waals surface area contributed by atoms with Gasteiger partial charge in [0.05, 0.1) is 17.3 Å². The van der Waals surface area contributed by atoms with Gasteiger partial charge in [-0.05, 0) is 61.4 Å². The summed E-state index contributed by atoms with van der Waals surface area (Å²) in [6.45, 7) is 2.59. The molecule has 0 amide bonds. The van der Waals surface area contributed by atoms with Gasteiger partial charge in [0.2, 0.25) is 0 Å². The molecule has 0 aromatic heterocycles. The van der Waals surface area contributed by atoms with E-state index in [4.69, 9.17) is 5.26 Å². The maximum atomic E-state index is 14.8. The van der Waals surface area contributed by atoms with Crippen molar-refractivity contribution in [1.82, 2.24) is 0 Å². The minimum atomic E-state index is -4.92. The van der Waals surface area contributed by atoms with Crippen LogP contribution in [-0.2, 0) is 11.0 Å². The van der Waals surface area contributed by atoms with E-state index in [0.29, 0.717) is 25.9 Å². The third kappa shape index (κ3) is 4.82. The number of carbonyl (C=O) groups is 1. The fraction of sp³-hybridized carbons (Fsp3) is 0.440. The van der Waals surface area contributed by atoms with Gasteiger partial charge in [-0.15, -0.1) is 0 Å². The highest BCUT2D eigenvalue weighted by Gasteiger charge is 2.39. The highest BCUT2D eigenvalue weighted by atomic mass is 19.4. The Kier molecular flexibility index (Phi) is 6.59. The van der Waals surface area contributed by atoms with Crippen molar-refractivity contribution in [1.29, 1.82) is 5.26 Å². The number of benzene rings is 2. The van der Waals surface area contributed by atoms with Crippen LogP contribution in [0.2, 0.25) is 0 Å². The molecule has 2 heterocycles. The molecule has 33 heavy (non-hydrogen) atoms. The summed E-state index contributed by atoms with van der Waals surface area (Å²) in [7, 11) is 0. The Morgan fingerprint density at radius 2 is 1.52 bits per heavy atom. The number of anilines is 2. The molecule has 0 spiro atoms. The number of aldehydes is 1. The molecule has 2 fully saturated rings. The molecule has 0 atom stereocenters. The van der Waals surface area contributed by atoms with Crippen LogP contribution in [0.3, 0.4) is 0 Å². The smallest absolute Gasteiger partial charge is 0.371 e. The van der Waals surface area contributed by atoms with E-state index in [-0.39, 0.29) is 17.5 Å². The summed E-state index contributed by atoms with van der Waals surface area (Å²) in [5.41, 5.74) is -0.00215. The van der Waals surface area contributed by atoms with Crippen molar-refractivity contribution in [2.75, 3.05) is 36.0 Å². The van der Waals surface area contributed by atoms with E-state index in [1.54, 1.807) is 4.90 Å². The molecule has 0 N–H and O–H groups in total. The Hall–Kier alpha value is -3.08. The minimum Gasteiger partial charge on any atom is -0.371 e. The van der Waals surface area contributed by atoms with Gasteiger partial charge in [0, 0.05) is 37.8 Å². The highest BCUT2D eigenvalue weighted by Crippen LogP contribution is 2.39. The average Bonchev–Trinajstić information content (AvgIpc) is 2.83. The molecular weight excluding hydrogens is 434 g/mol. The number of nitrogens with zero attached hydrogens (tertiary/aromatic N) is 3. The molecular formula is C25H25F4N3O. The summed E-state index contributed by atoms with van der Waals surface area (Å²) in [6, 6.07) is 12.1. The summed E-state index contributed by atoms with van der Waals surface area (Å²) >= 11 is 0. The van der Waals surface area contributed by atoms with Crippen molar-refractivity contribution in [3.63, 3.8) is 0 Å². The van der Waals surface area contributed by atoms with E-state index in [1.807, 2.05) is 0 Å². The molecule has 0 radical (unpaired) electrons. The van der Waals surface area contributed by atoms with Gasteiger partial charge in [0.25, 0.3) is 0 Å². The first kappa shape index (κ1) is 23.1. The molecule has 2 aliphatic rings. The van der Waals surface area contributed by atoms with Crippen LogP contribution >= 0.6 is 0 Å². The summed E-state index contributed by atoms with van der Waals surface area (Å²) in [5, 5.41) is 8.95. The molecule has 2 saturated heterocycles. The first-order valence-electron chi connectivity index (χ1n) is 11.2. The third-order valence-electron chi connectivity index (χ3n) is 6.82. The first-order chi connectivity index (χ1) is 15.8. The molecule has 8 heteroatoms. The number of rotatable bonds is 4. The van der Waals surface area contributed by atoms with Crippen molar-refractivity contribution >= 4 is 17.7 Å². The summed E-state index contributed by atoms with van der Waals surface area (Å²) in [5.74, 6) is -0.971. The van der Waals surface area contributed by atoms with Crippen molar-refractivity contribution in [2.45, 2.75) is 37.8 Å². The van der Waals surface area contributed by atoms with Gasteiger partial charge in [-0.3, -0.25) is 0 Å². The van der Waals surface area contributed by atoms with Crippen LogP contribution in [0, 0.1) is 23.1 Å². The highest BCUT2D eigenvalue weighted by molar-refractivity contribution is 5.57. The second-order valence-electron chi connectivity index (χ2n) is 8.74. The lowest BCUT2D eigenvalue weighted by molar-refractivity contribution is -0.140. The predicted molar refractivity (Wildman–Crippen MR) is 118 cm³/mol. The molecule has 0 bridgehead atoms. The fourth-order valence-corrected chi connectivity index (χ4v) is 4.88. The van der Waals surface area contributed by atoms with E-state index in [2.05, 4.69) is 29.2 Å². The van der Waals surface area contributed by atoms with Gasteiger partial charge in [-0.2, -0.15) is 18.4 Å². The second kappa shape index (κ2) is 9.42. The van der Waals surface area contributed by atoms with E-state index >= 15 is 0 Å². The van der Waals surface area contributed by atoms with Crippen molar-refractivity contribution < 1.29 is 22.4 Å². The number of halogens is 4. The molecule has 0 saturated carbocycles. The monoisotopic (exact) mass is 459 g/mol. The number of piperidine rings is 2. The van der Waals surface area contributed by atoms with Gasteiger partial charge >= 0.3 is 6.18 Å². The Morgan fingerprint density at radius 3 is 2.06 bits per heavy atom. The maximum Gasteiger partial charge on any atom is 0.420 e. The van der Waals surface area contributed by atoms with Crippen LogP contribution in [0.1, 0.15) is 48.3 Å². The van der Waals surface area contributed by atoms with Crippen molar-refractivity contribution in [2.24, 2.45) is 5.92 Å².